The number of hydrogen-bond acceptors (Lipinski definition) is 4. The highest BCUT2D eigenvalue weighted by Crippen LogP contribution is 2.30. The Morgan fingerprint density at radius 1 is 1.11 bits per heavy atom. The third-order valence-electron chi connectivity index (χ3n) is 5.23. The molecule has 0 spiro atoms. The van der Waals surface area contributed by atoms with Crippen molar-refractivity contribution < 1.29 is 13.9 Å². The molecule has 2 heterocycles. The quantitative estimate of drug-likeness (QED) is 0.675. The summed E-state index contributed by atoms with van der Waals surface area (Å²) in [6.07, 6.45) is 3.72. The number of carbonyl (C=O) groups excluding carboxylic acids is 1. The minimum Gasteiger partial charge on any atom is -0.484 e. The number of benzene rings is 1. The van der Waals surface area contributed by atoms with Crippen LogP contribution in [-0.2, 0) is 6.61 Å². The molecule has 1 aliphatic heterocycles. The van der Waals surface area contributed by atoms with Gasteiger partial charge in [0.05, 0.1) is 5.02 Å². The van der Waals surface area contributed by atoms with Crippen molar-refractivity contribution in [2.45, 2.75) is 25.9 Å². The molecule has 0 atom stereocenters. The Balaban J connectivity index is 1.32. The summed E-state index contributed by atoms with van der Waals surface area (Å²) in [5.74, 6) is 2.29. The first-order valence-corrected chi connectivity index (χ1v) is 10.5. The molecule has 0 N–H and O–H groups in total. The molecule has 0 unspecified atom stereocenters. The van der Waals surface area contributed by atoms with Gasteiger partial charge in [0.2, 0.25) is 0 Å². The maximum Gasteiger partial charge on any atom is 0.289 e. The van der Waals surface area contributed by atoms with Crippen LogP contribution >= 0.6 is 23.2 Å². The molecule has 28 heavy (non-hydrogen) atoms. The molecule has 2 fully saturated rings. The highest BCUT2D eigenvalue weighted by molar-refractivity contribution is 6.35. The maximum atomic E-state index is 12.8. The van der Waals surface area contributed by atoms with Gasteiger partial charge in [0, 0.05) is 31.2 Å². The van der Waals surface area contributed by atoms with E-state index in [4.69, 9.17) is 32.4 Å². The maximum absolute atomic E-state index is 12.8. The van der Waals surface area contributed by atoms with Crippen molar-refractivity contribution in [2.75, 3.05) is 32.7 Å². The lowest BCUT2D eigenvalue weighted by Gasteiger charge is -2.21. The van der Waals surface area contributed by atoms with Crippen LogP contribution in [0.4, 0.5) is 0 Å². The van der Waals surface area contributed by atoms with Crippen LogP contribution in [0.2, 0.25) is 10.0 Å². The molecule has 0 radical (unpaired) electrons. The predicted octanol–water partition coefficient (Wildman–Crippen LogP) is 4.72. The largest absolute Gasteiger partial charge is 0.484 e. The van der Waals surface area contributed by atoms with Crippen molar-refractivity contribution in [1.82, 2.24) is 9.80 Å². The molecule has 150 valence electrons. The van der Waals surface area contributed by atoms with Crippen LogP contribution in [-0.4, -0.2) is 48.4 Å². The van der Waals surface area contributed by atoms with E-state index in [-0.39, 0.29) is 12.5 Å². The van der Waals surface area contributed by atoms with Gasteiger partial charge in [0.25, 0.3) is 5.91 Å². The summed E-state index contributed by atoms with van der Waals surface area (Å²) in [5.41, 5.74) is 0. The van der Waals surface area contributed by atoms with Gasteiger partial charge in [0.1, 0.15) is 18.1 Å². The average Bonchev–Trinajstić information content (AvgIpc) is 3.42. The fourth-order valence-electron chi connectivity index (χ4n) is 3.49. The summed E-state index contributed by atoms with van der Waals surface area (Å²) in [6.45, 7) is 4.90. The summed E-state index contributed by atoms with van der Waals surface area (Å²) >= 11 is 12.0. The lowest BCUT2D eigenvalue weighted by Crippen LogP contribution is -2.35. The number of furan rings is 1. The van der Waals surface area contributed by atoms with Gasteiger partial charge in [-0.05, 0) is 62.1 Å². The number of carbonyl (C=O) groups is 1. The second-order valence-electron chi connectivity index (χ2n) is 7.52. The minimum atomic E-state index is -0.0518. The molecule has 1 saturated carbocycles. The van der Waals surface area contributed by atoms with Gasteiger partial charge in [-0.1, -0.05) is 23.2 Å². The summed E-state index contributed by atoms with van der Waals surface area (Å²) in [6, 6.07) is 8.54. The number of halogens is 2. The van der Waals surface area contributed by atoms with Crippen molar-refractivity contribution in [3.05, 3.63) is 51.9 Å². The summed E-state index contributed by atoms with van der Waals surface area (Å²) in [4.78, 5) is 17.2. The van der Waals surface area contributed by atoms with Crippen molar-refractivity contribution in [3.8, 4) is 5.75 Å². The average molecular weight is 423 g/mol. The number of ether oxygens (including phenoxy) is 1. The van der Waals surface area contributed by atoms with E-state index in [2.05, 4.69) is 4.90 Å². The van der Waals surface area contributed by atoms with E-state index in [0.29, 0.717) is 27.3 Å². The number of nitrogens with zero attached hydrogens (tertiary/aromatic N) is 2. The SMILES string of the molecule is O=C(c1ccc(COc2ccc(Cl)cc2Cl)o1)N1CCCN(CC2CC2)CC1. The van der Waals surface area contributed by atoms with Crippen molar-refractivity contribution in [2.24, 2.45) is 5.92 Å². The molecule has 4 rings (SSSR count). The number of amides is 1. The Bertz CT molecular complexity index is 835. The van der Waals surface area contributed by atoms with E-state index < -0.39 is 0 Å². The Morgan fingerprint density at radius 3 is 2.75 bits per heavy atom. The molecule has 1 aromatic heterocycles. The molecular formula is C21H24Cl2N2O3. The monoisotopic (exact) mass is 422 g/mol. The van der Waals surface area contributed by atoms with E-state index in [1.54, 1.807) is 30.3 Å². The molecule has 1 aliphatic carbocycles. The molecule has 5 nitrogen and oxygen atoms in total. The Labute approximate surface area is 175 Å². The number of hydrogen-bond donors (Lipinski definition) is 0. The second-order valence-corrected chi connectivity index (χ2v) is 8.36. The van der Waals surface area contributed by atoms with Gasteiger partial charge >= 0.3 is 0 Å². The molecule has 2 aromatic rings. The fourth-order valence-corrected chi connectivity index (χ4v) is 3.95. The lowest BCUT2D eigenvalue weighted by atomic mass is 10.3. The Morgan fingerprint density at radius 2 is 1.96 bits per heavy atom. The van der Waals surface area contributed by atoms with E-state index in [1.807, 2.05) is 4.90 Å². The molecule has 1 aromatic carbocycles. The van der Waals surface area contributed by atoms with Crippen molar-refractivity contribution >= 4 is 29.1 Å². The fraction of sp³-hybridized carbons (Fsp3) is 0.476. The zero-order chi connectivity index (χ0) is 19.5. The van der Waals surface area contributed by atoms with Gasteiger partial charge < -0.3 is 19.0 Å². The molecule has 1 saturated heterocycles. The molecule has 1 amide bonds. The zero-order valence-corrected chi connectivity index (χ0v) is 17.2. The van der Waals surface area contributed by atoms with Crippen LogP contribution in [0.15, 0.2) is 34.7 Å². The first-order chi connectivity index (χ1) is 13.6. The lowest BCUT2D eigenvalue weighted by molar-refractivity contribution is 0.0725. The standard InChI is InChI=1S/C21H24Cl2N2O3/c22-16-4-6-19(18(23)12-16)27-14-17-5-7-20(28-17)21(26)25-9-1-8-24(10-11-25)13-15-2-3-15/h4-7,12,15H,1-3,8-11,13-14H2. The van der Waals surface area contributed by atoms with E-state index in [0.717, 1.165) is 38.5 Å². The minimum absolute atomic E-state index is 0.0518. The third-order valence-corrected chi connectivity index (χ3v) is 5.76. The van der Waals surface area contributed by atoms with Crippen molar-refractivity contribution in [3.63, 3.8) is 0 Å². The summed E-state index contributed by atoms with van der Waals surface area (Å²) < 4.78 is 11.4. The Kier molecular flexibility index (Phi) is 6.14. The van der Waals surface area contributed by atoms with E-state index >= 15 is 0 Å². The van der Waals surface area contributed by atoms with Gasteiger partial charge in [-0.3, -0.25) is 4.79 Å². The summed E-state index contributed by atoms with van der Waals surface area (Å²) in [7, 11) is 0. The topological polar surface area (TPSA) is 45.9 Å². The first kappa shape index (κ1) is 19.6. The van der Waals surface area contributed by atoms with Crippen LogP contribution < -0.4 is 4.74 Å². The Hall–Kier alpha value is -1.69. The zero-order valence-electron chi connectivity index (χ0n) is 15.7. The van der Waals surface area contributed by atoms with Crippen molar-refractivity contribution in [1.29, 1.82) is 0 Å². The van der Waals surface area contributed by atoms with Crippen LogP contribution in [0.25, 0.3) is 0 Å². The highest BCUT2D eigenvalue weighted by Gasteiger charge is 2.27. The van der Waals surface area contributed by atoms with E-state index in [9.17, 15) is 4.79 Å². The van der Waals surface area contributed by atoms with Crippen LogP contribution in [0.3, 0.4) is 0 Å². The van der Waals surface area contributed by atoms with Crippen LogP contribution in [0, 0.1) is 5.92 Å². The van der Waals surface area contributed by atoms with E-state index in [1.165, 1.54) is 19.4 Å². The molecule has 7 heteroatoms. The highest BCUT2D eigenvalue weighted by atomic mass is 35.5. The first-order valence-electron chi connectivity index (χ1n) is 9.76. The van der Waals surface area contributed by atoms with Gasteiger partial charge in [0.15, 0.2) is 5.76 Å². The third kappa shape index (κ3) is 5.02. The molecule has 2 aliphatic rings. The number of rotatable bonds is 6. The normalized spacial score (nSPS) is 18.1. The van der Waals surface area contributed by atoms with Gasteiger partial charge in [-0.15, -0.1) is 0 Å². The van der Waals surface area contributed by atoms with Gasteiger partial charge in [-0.2, -0.15) is 0 Å². The second kappa shape index (κ2) is 8.76. The van der Waals surface area contributed by atoms with Crippen LogP contribution in [0.1, 0.15) is 35.6 Å². The van der Waals surface area contributed by atoms with Gasteiger partial charge in [-0.25, -0.2) is 0 Å². The van der Waals surface area contributed by atoms with Crippen LogP contribution in [0.5, 0.6) is 5.75 Å². The smallest absolute Gasteiger partial charge is 0.289 e. The predicted molar refractivity (Wildman–Crippen MR) is 109 cm³/mol. The molecular weight excluding hydrogens is 399 g/mol. The summed E-state index contributed by atoms with van der Waals surface area (Å²) in [5, 5.41) is 0.993. The molecule has 0 bridgehead atoms.